The molecule has 0 aromatic carbocycles. The fourth-order valence-electron chi connectivity index (χ4n) is 1.55. The molecule has 1 aliphatic rings. The highest BCUT2D eigenvalue weighted by atomic mass is 16.2. The summed E-state index contributed by atoms with van der Waals surface area (Å²) in [6.45, 7) is 1.41. The summed E-state index contributed by atoms with van der Waals surface area (Å²) in [5.41, 5.74) is -0.809. The molecule has 1 aliphatic carbocycles. The third-order valence-electron chi connectivity index (χ3n) is 2.75. The number of anilines is 1. The molecule has 17 heavy (non-hydrogen) atoms. The monoisotopic (exact) mass is 239 g/mol. The van der Waals surface area contributed by atoms with E-state index in [9.17, 15) is 9.59 Å². The van der Waals surface area contributed by atoms with E-state index in [1.807, 2.05) is 0 Å². The maximum absolute atomic E-state index is 11.7. The SMILES string of the molecule is Cn1nc(NCCNC2CC2)c(=O)n(C)c1=O. The van der Waals surface area contributed by atoms with E-state index in [1.54, 1.807) is 0 Å². The Morgan fingerprint density at radius 3 is 2.65 bits per heavy atom. The van der Waals surface area contributed by atoms with E-state index < -0.39 is 5.69 Å². The minimum atomic E-state index is -0.420. The van der Waals surface area contributed by atoms with Crippen molar-refractivity contribution in [3.8, 4) is 0 Å². The lowest BCUT2D eigenvalue weighted by molar-refractivity contribution is 0.602. The predicted molar refractivity (Wildman–Crippen MR) is 64.2 cm³/mol. The van der Waals surface area contributed by atoms with Crippen LogP contribution < -0.4 is 21.9 Å². The molecule has 0 amide bonds. The molecule has 1 heterocycles. The van der Waals surface area contributed by atoms with Crippen molar-refractivity contribution in [3.63, 3.8) is 0 Å². The zero-order valence-electron chi connectivity index (χ0n) is 10.1. The first-order chi connectivity index (χ1) is 8.09. The van der Waals surface area contributed by atoms with Crippen molar-refractivity contribution in [1.82, 2.24) is 19.7 Å². The highest BCUT2D eigenvalue weighted by Gasteiger charge is 2.19. The summed E-state index contributed by atoms with van der Waals surface area (Å²) < 4.78 is 2.20. The first-order valence-electron chi connectivity index (χ1n) is 5.71. The topological polar surface area (TPSA) is 81.0 Å². The number of hydrogen-bond acceptors (Lipinski definition) is 5. The van der Waals surface area contributed by atoms with Crippen molar-refractivity contribution in [2.24, 2.45) is 14.1 Å². The molecule has 0 aliphatic heterocycles. The quantitative estimate of drug-likeness (QED) is 0.620. The molecule has 0 saturated heterocycles. The molecule has 2 rings (SSSR count). The lowest BCUT2D eigenvalue weighted by atomic mass is 10.5. The lowest BCUT2D eigenvalue weighted by Crippen LogP contribution is -2.40. The summed E-state index contributed by atoms with van der Waals surface area (Å²) in [6, 6.07) is 0.646. The van der Waals surface area contributed by atoms with Crippen LogP contribution in [0.4, 0.5) is 5.82 Å². The number of aromatic nitrogens is 3. The van der Waals surface area contributed by atoms with Gasteiger partial charge in [-0.05, 0) is 12.8 Å². The lowest BCUT2D eigenvalue weighted by Gasteiger charge is -2.08. The van der Waals surface area contributed by atoms with E-state index in [0.717, 1.165) is 15.8 Å². The van der Waals surface area contributed by atoms with Crippen molar-refractivity contribution >= 4 is 5.82 Å². The third kappa shape index (κ3) is 2.73. The van der Waals surface area contributed by atoms with Crippen LogP contribution in [0.5, 0.6) is 0 Å². The largest absolute Gasteiger partial charge is 0.363 e. The Kier molecular flexibility index (Phi) is 3.28. The summed E-state index contributed by atoms with van der Waals surface area (Å²) in [7, 11) is 2.97. The fraction of sp³-hybridized carbons (Fsp3) is 0.700. The van der Waals surface area contributed by atoms with Gasteiger partial charge in [-0.2, -0.15) is 0 Å². The molecular weight excluding hydrogens is 222 g/mol. The van der Waals surface area contributed by atoms with Gasteiger partial charge in [-0.25, -0.2) is 9.48 Å². The van der Waals surface area contributed by atoms with Crippen LogP contribution >= 0.6 is 0 Å². The molecule has 94 valence electrons. The zero-order chi connectivity index (χ0) is 12.4. The fourth-order valence-corrected chi connectivity index (χ4v) is 1.55. The van der Waals surface area contributed by atoms with Gasteiger partial charge >= 0.3 is 5.69 Å². The summed E-state index contributed by atoms with van der Waals surface area (Å²) in [6.07, 6.45) is 2.47. The van der Waals surface area contributed by atoms with E-state index in [1.165, 1.54) is 26.9 Å². The van der Waals surface area contributed by atoms with Gasteiger partial charge in [0.25, 0.3) is 5.56 Å². The standard InChI is InChI=1S/C10H17N5O2/c1-14-9(16)8(13-15(2)10(14)17)12-6-5-11-7-3-4-7/h7,11H,3-6H2,1-2H3,(H,12,13). The molecule has 1 aromatic rings. The smallest absolute Gasteiger partial charge is 0.346 e. The van der Waals surface area contributed by atoms with Crippen LogP contribution in [0, 0.1) is 0 Å². The van der Waals surface area contributed by atoms with E-state index in [0.29, 0.717) is 12.6 Å². The molecule has 0 spiro atoms. The number of nitrogens with one attached hydrogen (secondary N) is 2. The van der Waals surface area contributed by atoms with E-state index in [-0.39, 0.29) is 11.4 Å². The van der Waals surface area contributed by atoms with Crippen molar-refractivity contribution in [3.05, 3.63) is 20.8 Å². The summed E-state index contributed by atoms with van der Waals surface area (Å²) in [4.78, 5) is 23.1. The van der Waals surface area contributed by atoms with Crippen LogP contribution in [-0.2, 0) is 14.1 Å². The Bertz CT molecular complexity index is 514. The molecule has 2 N–H and O–H groups in total. The second-order valence-electron chi connectivity index (χ2n) is 4.27. The van der Waals surface area contributed by atoms with E-state index in [2.05, 4.69) is 15.7 Å². The van der Waals surface area contributed by atoms with Crippen LogP contribution in [0.2, 0.25) is 0 Å². The average Bonchev–Trinajstić information content (AvgIpc) is 3.12. The minimum absolute atomic E-state index is 0.215. The first kappa shape index (κ1) is 11.8. The van der Waals surface area contributed by atoms with Gasteiger partial charge in [-0.1, -0.05) is 0 Å². The first-order valence-corrected chi connectivity index (χ1v) is 5.71. The van der Waals surface area contributed by atoms with Gasteiger partial charge in [0.05, 0.1) is 0 Å². The molecule has 0 unspecified atom stereocenters. The predicted octanol–water partition coefficient (Wildman–Crippen LogP) is -1.36. The number of nitrogens with zero attached hydrogens (tertiary/aromatic N) is 3. The van der Waals surface area contributed by atoms with Crippen molar-refractivity contribution in [2.75, 3.05) is 18.4 Å². The zero-order valence-corrected chi connectivity index (χ0v) is 10.1. The molecule has 1 fully saturated rings. The van der Waals surface area contributed by atoms with Gasteiger partial charge in [0.1, 0.15) is 0 Å². The van der Waals surface area contributed by atoms with Crippen molar-refractivity contribution in [1.29, 1.82) is 0 Å². The maximum Gasteiger partial charge on any atom is 0.346 e. The second kappa shape index (κ2) is 4.70. The van der Waals surface area contributed by atoms with Gasteiger partial charge in [0.15, 0.2) is 0 Å². The molecule has 1 aromatic heterocycles. The molecule has 0 atom stereocenters. The minimum Gasteiger partial charge on any atom is -0.363 e. The highest BCUT2D eigenvalue weighted by molar-refractivity contribution is 5.29. The number of hydrogen-bond donors (Lipinski definition) is 2. The van der Waals surface area contributed by atoms with Gasteiger partial charge in [0, 0.05) is 33.2 Å². The highest BCUT2D eigenvalue weighted by Crippen LogP contribution is 2.17. The molecule has 7 nitrogen and oxygen atoms in total. The maximum atomic E-state index is 11.7. The molecule has 0 bridgehead atoms. The second-order valence-corrected chi connectivity index (χ2v) is 4.27. The van der Waals surface area contributed by atoms with Crippen LogP contribution in [0.3, 0.4) is 0 Å². The Labute approximate surface area is 98.5 Å². The summed E-state index contributed by atoms with van der Waals surface area (Å²) >= 11 is 0. The normalized spacial score (nSPS) is 14.9. The number of rotatable bonds is 5. The van der Waals surface area contributed by atoms with Crippen LogP contribution in [0.1, 0.15) is 12.8 Å². The molecule has 1 saturated carbocycles. The molecule has 7 heteroatoms. The number of aryl methyl sites for hydroxylation is 1. The Morgan fingerprint density at radius 2 is 2.00 bits per heavy atom. The van der Waals surface area contributed by atoms with Crippen LogP contribution in [0.25, 0.3) is 0 Å². The van der Waals surface area contributed by atoms with Gasteiger partial charge < -0.3 is 10.6 Å². The van der Waals surface area contributed by atoms with E-state index in [4.69, 9.17) is 0 Å². The van der Waals surface area contributed by atoms with Crippen molar-refractivity contribution < 1.29 is 0 Å². The van der Waals surface area contributed by atoms with Crippen LogP contribution in [-0.4, -0.2) is 33.5 Å². The van der Waals surface area contributed by atoms with Gasteiger partial charge in [0.2, 0.25) is 5.82 Å². The van der Waals surface area contributed by atoms with Gasteiger partial charge in [-0.3, -0.25) is 9.36 Å². The Balaban J connectivity index is 1.99. The third-order valence-corrected chi connectivity index (χ3v) is 2.75. The Morgan fingerprint density at radius 1 is 1.29 bits per heavy atom. The Hall–Kier alpha value is -1.63. The average molecular weight is 239 g/mol. The molecule has 0 radical (unpaired) electrons. The van der Waals surface area contributed by atoms with Crippen molar-refractivity contribution in [2.45, 2.75) is 18.9 Å². The van der Waals surface area contributed by atoms with Gasteiger partial charge in [-0.15, -0.1) is 5.10 Å². The summed E-state index contributed by atoms with van der Waals surface area (Å²) in [5, 5.41) is 10.2. The molecular formula is C10H17N5O2. The van der Waals surface area contributed by atoms with Crippen LogP contribution in [0.15, 0.2) is 9.59 Å². The summed E-state index contributed by atoms with van der Waals surface area (Å²) in [5.74, 6) is 0.215. The van der Waals surface area contributed by atoms with E-state index >= 15 is 0 Å².